The van der Waals surface area contributed by atoms with Crippen LogP contribution in [0.2, 0.25) is 0 Å². The van der Waals surface area contributed by atoms with E-state index in [-0.39, 0.29) is 24.8 Å². The number of carbonyl (C=O) groups excluding carboxylic acids is 2. The number of likely N-dealkylation sites (tertiary alicyclic amines) is 1. The highest BCUT2D eigenvalue weighted by atomic mass is 35.5. The van der Waals surface area contributed by atoms with Gasteiger partial charge in [-0.1, -0.05) is 54.6 Å². The topological polar surface area (TPSA) is 122 Å². The van der Waals surface area contributed by atoms with Crippen LogP contribution in [0.15, 0.2) is 77.7 Å². The van der Waals surface area contributed by atoms with E-state index in [0.29, 0.717) is 78.9 Å². The maximum atomic E-state index is 14.8. The summed E-state index contributed by atoms with van der Waals surface area (Å²) < 4.78 is 13.1. The second-order valence-electron chi connectivity index (χ2n) is 13.7. The van der Waals surface area contributed by atoms with Gasteiger partial charge in [-0.25, -0.2) is 14.6 Å². The molecule has 0 saturated carbocycles. The molecule has 0 bridgehead atoms. The van der Waals surface area contributed by atoms with Gasteiger partial charge in [0.25, 0.3) is 5.56 Å². The van der Waals surface area contributed by atoms with Gasteiger partial charge in [0.1, 0.15) is 23.5 Å². The first kappa shape index (κ1) is 35.7. The van der Waals surface area contributed by atoms with Crippen molar-refractivity contribution in [1.82, 2.24) is 19.4 Å². The van der Waals surface area contributed by atoms with Crippen LogP contribution in [0.1, 0.15) is 50.8 Å². The summed E-state index contributed by atoms with van der Waals surface area (Å²) in [4.78, 5) is 56.1. The highest BCUT2D eigenvalue weighted by Crippen LogP contribution is 2.40. The predicted molar refractivity (Wildman–Crippen MR) is 200 cm³/mol. The Kier molecular flexibility index (Phi) is 10.8. The van der Waals surface area contributed by atoms with Gasteiger partial charge in [-0.2, -0.15) is 4.98 Å². The number of para-hydroxylation sites is 1. The standard InChI is InChI=1S/C38H44ClN7O5/c1-26-12-10-16-30-32(26)45(37(49)50-25-27-13-6-5-7-14-27)21-20-44(30)31-22-28-23-41-35(40-18-9-8-17-39)42-33(28)46(34(31)47)29-15-11-19-43(24-29)36(48)51-38(2,3)4/h5-10,12-14,16,22-23,29H,11,15,17-21,24-25H2,1-4H3,(H,40,41,42)/b9-8-. The number of piperidine rings is 1. The molecule has 0 spiro atoms. The third kappa shape index (κ3) is 8.12. The van der Waals surface area contributed by atoms with Crippen LogP contribution in [-0.4, -0.2) is 75.8 Å². The van der Waals surface area contributed by atoms with E-state index in [9.17, 15) is 14.4 Å². The van der Waals surface area contributed by atoms with Crippen LogP contribution < -0.4 is 20.7 Å². The number of alkyl halides is 1. The number of carbonyl (C=O) groups is 2. The van der Waals surface area contributed by atoms with E-state index in [4.69, 9.17) is 26.1 Å². The highest BCUT2D eigenvalue weighted by Gasteiger charge is 2.34. The third-order valence-corrected chi connectivity index (χ3v) is 9.02. The Morgan fingerprint density at radius 1 is 1.02 bits per heavy atom. The van der Waals surface area contributed by atoms with Gasteiger partial charge in [-0.15, -0.1) is 11.6 Å². The molecule has 1 atom stereocenters. The summed E-state index contributed by atoms with van der Waals surface area (Å²) in [5.74, 6) is 0.760. The van der Waals surface area contributed by atoms with Gasteiger partial charge in [0.15, 0.2) is 0 Å². The Hall–Kier alpha value is -5.10. The van der Waals surface area contributed by atoms with E-state index in [0.717, 1.165) is 11.1 Å². The number of amides is 2. The smallest absolute Gasteiger partial charge is 0.414 e. The Balaban J connectivity index is 1.39. The average molecular weight is 714 g/mol. The number of benzene rings is 2. The number of hydrogen-bond acceptors (Lipinski definition) is 9. The van der Waals surface area contributed by atoms with Crippen molar-refractivity contribution in [3.05, 3.63) is 94.4 Å². The van der Waals surface area contributed by atoms with Crippen molar-refractivity contribution in [3.8, 4) is 0 Å². The van der Waals surface area contributed by atoms with Crippen LogP contribution in [0.4, 0.5) is 32.6 Å². The SMILES string of the molecule is Cc1cccc2c1N(C(=O)OCc1ccccc1)CCN2c1cc2cnc(NC/C=C\CCl)nc2n(C2CCCN(C(=O)OC(C)(C)C)C2)c1=O. The zero-order valence-corrected chi connectivity index (χ0v) is 30.2. The number of ether oxygens (including phenoxy) is 2. The lowest BCUT2D eigenvalue weighted by atomic mass is 10.0. The molecule has 2 aliphatic heterocycles. The Labute approximate surface area is 302 Å². The zero-order valence-electron chi connectivity index (χ0n) is 29.5. The largest absolute Gasteiger partial charge is 0.444 e. The molecule has 4 heterocycles. The van der Waals surface area contributed by atoms with E-state index in [1.807, 2.05) is 99.3 Å². The van der Waals surface area contributed by atoms with Crippen molar-refractivity contribution in [2.45, 2.75) is 58.8 Å². The molecule has 6 rings (SSSR count). The lowest BCUT2D eigenvalue weighted by Crippen LogP contribution is -2.47. The first-order valence-electron chi connectivity index (χ1n) is 17.2. The molecule has 2 aromatic heterocycles. The van der Waals surface area contributed by atoms with E-state index in [1.54, 1.807) is 20.6 Å². The van der Waals surface area contributed by atoms with Gasteiger partial charge in [0.2, 0.25) is 5.95 Å². The number of pyridine rings is 1. The Morgan fingerprint density at radius 2 is 1.82 bits per heavy atom. The molecule has 2 aliphatic rings. The summed E-state index contributed by atoms with van der Waals surface area (Å²) in [6, 6.07) is 16.8. The minimum absolute atomic E-state index is 0.151. The molecule has 12 nitrogen and oxygen atoms in total. The van der Waals surface area contributed by atoms with E-state index >= 15 is 0 Å². The summed E-state index contributed by atoms with van der Waals surface area (Å²) in [6.45, 7) is 9.53. The summed E-state index contributed by atoms with van der Waals surface area (Å²) in [5.41, 5.74) is 3.15. The molecule has 1 fully saturated rings. The van der Waals surface area contributed by atoms with Crippen LogP contribution in [0, 0.1) is 6.92 Å². The molecular formula is C38H44ClN7O5. The molecule has 2 aromatic carbocycles. The zero-order chi connectivity index (χ0) is 36.1. The van der Waals surface area contributed by atoms with Crippen LogP contribution >= 0.6 is 11.6 Å². The third-order valence-electron chi connectivity index (χ3n) is 8.84. The number of anilines is 4. The van der Waals surface area contributed by atoms with Gasteiger partial charge in [-0.05, 0) is 63.8 Å². The predicted octanol–water partition coefficient (Wildman–Crippen LogP) is 7.17. The van der Waals surface area contributed by atoms with Gasteiger partial charge in [0.05, 0.1) is 17.4 Å². The second-order valence-corrected chi connectivity index (χ2v) is 14.0. The summed E-state index contributed by atoms with van der Waals surface area (Å²) in [6.07, 6.45) is 5.90. The van der Waals surface area contributed by atoms with Crippen molar-refractivity contribution in [2.24, 2.45) is 0 Å². The monoisotopic (exact) mass is 713 g/mol. The molecule has 1 saturated heterocycles. The number of rotatable bonds is 8. The van der Waals surface area contributed by atoms with Crippen LogP contribution in [-0.2, 0) is 16.1 Å². The quantitative estimate of drug-likeness (QED) is 0.150. The molecule has 1 N–H and O–H groups in total. The fourth-order valence-corrected chi connectivity index (χ4v) is 6.68. The van der Waals surface area contributed by atoms with E-state index < -0.39 is 17.8 Å². The number of nitrogens with one attached hydrogen (secondary N) is 1. The summed E-state index contributed by atoms with van der Waals surface area (Å²) in [5, 5.41) is 3.85. The summed E-state index contributed by atoms with van der Waals surface area (Å²) in [7, 11) is 0. The first-order chi connectivity index (χ1) is 24.5. The number of aryl methyl sites for hydroxylation is 1. The van der Waals surface area contributed by atoms with E-state index in [1.165, 1.54) is 0 Å². The molecule has 0 radical (unpaired) electrons. The fourth-order valence-electron chi connectivity index (χ4n) is 6.55. The Bertz CT molecular complexity index is 1980. The van der Waals surface area contributed by atoms with Gasteiger partial charge in [0, 0.05) is 50.2 Å². The Morgan fingerprint density at radius 3 is 2.59 bits per heavy atom. The van der Waals surface area contributed by atoms with Crippen LogP contribution in [0.25, 0.3) is 11.0 Å². The second kappa shape index (κ2) is 15.4. The van der Waals surface area contributed by atoms with Crippen LogP contribution in [0.3, 0.4) is 0 Å². The van der Waals surface area contributed by atoms with Crippen molar-refractivity contribution >= 4 is 57.8 Å². The number of fused-ring (bicyclic) bond motifs is 2. The maximum Gasteiger partial charge on any atom is 0.414 e. The molecule has 0 aliphatic carbocycles. The molecule has 268 valence electrons. The normalized spacial score (nSPS) is 16.3. The minimum atomic E-state index is -0.652. The number of nitrogens with zero attached hydrogens (tertiary/aromatic N) is 6. The fraction of sp³-hybridized carbons (Fsp3) is 0.395. The van der Waals surface area contributed by atoms with Crippen molar-refractivity contribution in [2.75, 3.05) is 53.7 Å². The molecule has 2 amide bonds. The number of allylic oxidation sites excluding steroid dienone is 1. The van der Waals surface area contributed by atoms with Crippen LogP contribution in [0.5, 0.6) is 0 Å². The molecular weight excluding hydrogens is 670 g/mol. The number of hydrogen-bond donors (Lipinski definition) is 1. The molecule has 13 heteroatoms. The molecule has 4 aromatic rings. The minimum Gasteiger partial charge on any atom is -0.444 e. The summed E-state index contributed by atoms with van der Waals surface area (Å²) >= 11 is 5.78. The van der Waals surface area contributed by atoms with Gasteiger partial charge in [-0.3, -0.25) is 14.3 Å². The highest BCUT2D eigenvalue weighted by molar-refractivity contribution is 6.18. The van der Waals surface area contributed by atoms with E-state index in [2.05, 4.69) is 10.3 Å². The molecule has 1 unspecified atom stereocenters. The lowest BCUT2D eigenvalue weighted by molar-refractivity contribution is 0.0173. The van der Waals surface area contributed by atoms with Crippen molar-refractivity contribution < 1.29 is 19.1 Å². The first-order valence-corrected chi connectivity index (χ1v) is 17.8. The lowest BCUT2D eigenvalue weighted by Gasteiger charge is -2.39. The van der Waals surface area contributed by atoms with Gasteiger partial charge >= 0.3 is 12.2 Å². The number of halogens is 1. The van der Waals surface area contributed by atoms with Crippen molar-refractivity contribution in [1.29, 1.82) is 0 Å². The van der Waals surface area contributed by atoms with Gasteiger partial charge < -0.3 is 24.6 Å². The number of aromatic nitrogens is 3. The van der Waals surface area contributed by atoms with Crippen molar-refractivity contribution in [3.63, 3.8) is 0 Å². The molecule has 51 heavy (non-hydrogen) atoms. The maximum absolute atomic E-state index is 14.8. The average Bonchev–Trinajstić information content (AvgIpc) is 3.12.